The van der Waals surface area contributed by atoms with E-state index in [-0.39, 0.29) is 33.9 Å². The van der Waals surface area contributed by atoms with Gasteiger partial charge in [-0.2, -0.15) is 0 Å². The van der Waals surface area contributed by atoms with E-state index in [9.17, 15) is 10.2 Å². The van der Waals surface area contributed by atoms with Gasteiger partial charge in [-0.1, -0.05) is 58.8 Å². The molecule has 0 radical (unpaired) electrons. The van der Waals surface area contributed by atoms with Crippen LogP contribution in [0.4, 0.5) is 0 Å². The molecule has 182 valence electrons. The topological polar surface area (TPSA) is 40.5 Å². The van der Waals surface area contributed by atoms with E-state index in [1.165, 1.54) is 43.3 Å². The van der Waals surface area contributed by atoms with Crippen LogP contribution in [0.15, 0.2) is 22.8 Å². The Balaban J connectivity index is 1.70. The molecule has 0 spiro atoms. The molecule has 0 aromatic heterocycles. The second-order valence-corrected chi connectivity index (χ2v) is 13.7. The van der Waals surface area contributed by atoms with E-state index in [4.69, 9.17) is 0 Å². The smallest absolute Gasteiger partial charge is 0.0764 e. The van der Waals surface area contributed by atoms with Crippen LogP contribution in [0.1, 0.15) is 113 Å². The molecule has 4 aliphatic rings. The Morgan fingerprint density at radius 1 is 1.03 bits per heavy atom. The van der Waals surface area contributed by atoms with E-state index in [0.29, 0.717) is 17.8 Å². The molecule has 0 aromatic rings. The van der Waals surface area contributed by atoms with E-state index in [0.717, 1.165) is 25.7 Å². The maximum absolute atomic E-state index is 11.8. The summed E-state index contributed by atoms with van der Waals surface area (Å²) in [4.78, 5) is 0. The summed E-state index contributed by atoms with van der Waals surface area (Å²) in [5.41, 5.74) is 4.81. The first-order chi connectivity index (χ1) is 14.8. The molecule has 0 heterocycles. The number of allylic oxidation sites excluding steroid dienone is 3. The third-order valence-electron chi connectivity index (χ3n) is 11.6. The first-order valence-corrected chi connectivity index (χ1v) is 13.5. The summed E-state index contributed by atoms with van der Waals surface area (Å²) in [7, 11) is 0. The molecule has 0 saturated heterocycles. The molecule has 2 saturated carbocycles. The normalized spacial score (nSPS) is 46.2. The van der Waals surface area contributed by atoms with Crippen LogP contribution in [-0.4, -0.2) is 22.4 Å². The van der Waals surface area contributed by atoms with E-state index in [2.05, 4.69) is 61.5 Å². The Bertz CT molecular complexity index is 802. The minimum atomic E-state index is -0.313. The minimum absolute atomic E-state index is 0.0349. The lowest BCUT2D eigenvalue weighted by Crippen LogP contribution is -2.57. The first kappa shape index (κ1) is 24.5. The fraction of sp³-hybridized carbons (Fsp3) is 0.867. The van der Waals surface area contributed by atoms with Crippen molar-refractivity contribution in [1.29, 1.82) is 0 Å². The van der Waals surface area contributed by atoms with Gasteiger partial charge in [-0.25, -0.2) is 0 Å². The van der Waals surface area contributed by atoms with Gasteiger partial charge in [0.25, 0.3) is 0 Å². The molecule has 0 aliphatic heterocycles. The van der Waals surface area contributed by atoms with Gasteiger partial charge >= 0.3 is 0 Å². The van der Waals surface area contributed by atoms with Gasteiger partial charge in [-0.3, -0.25) is 0 Å². The summed E-state index contributed by atoms with van der Waals surface area (Å²) < 4.78 is 0. The van der Waals surface area contributed by atoms with Crippen molar-refractivity contribution in [3.05, 3.63) is 22.8 Å². The maximum atomic E-state index is 11.8. The Labute approximate surface area is 198 Å². The zero-order valence-corrected chi connectivity index (χ0v) is 22.2. The van der Waals surface area contributed by atoms with Crippen molar-refractivity contribution in [2.45, 2.75) is 125 Å². The Hall–Kier alpha value is -0.600. The van der Waals surface area contributed by atoms with Crippen LogP contribution in [0.2, 0.25) is 0 Å². The lowest BCUT2D eigenvalue weighted by molar-refractivity contribution is -0.107. The van der Waals surface area contributed by atoms with E-state index in [1.54, 1.807) is 5.57 Å². The minimum Gasteiger partial charge on any atom is -0.393 e. The second-order valence-electron chi connectivity index (χ2n) is 13.7. The predicted octanol–water partition coefficient (Wildman–Crippen LogP) is 7.45. The van der Waals surface area contributed by atoms with Crippen LogP contribution in [0, 0.1) is 39.4 Å². The fourth-order valence-corrected chi connectivity index (χ4v) is 9.55. The van der Waals surface area contributed by atoms with Crippen molar-refractivity contribution < 1.29 is 10.2 Å². The molecular weight excluding hydrogens is 392 g/mol. The lowest BCUT2D eigenvalue weighted by atomic mass is 9.42. The summed E-state index contributed by atoms with van der Waals surface area (Å²) in [5, 5.41) is 22.6. The zero-order chi connectivity index (χ0) is 23.7. The SMILES string of the molecule is CC(C)=CCC[C@@H](C)[C@H]1CC[C@]2(C)C3=C([C@@H](O)C[C@]12C)[C@]1(C)CC[C@H](O)C(C)(C)[C@H]1CC3. The fourth-order valence-electron chi connectivity index (χ4n) is 9.55. The zero-order valence-electron chi connectivity index (χ0n) is 22.2. The van der Waals surface area contributed by atoms with Crippen LogP contribution in [0.25, 0.3) is 0 Å². The van der Waals surface area contributed by atoms with Crippen LogP contribution in [0.3, 0.4) is 0 Å². The van der Waals surface area contributed by atoms with E-state index in [1.807, 2.05) is 0 Å². The highest BCUT2D eigenvalue weighted by Crippen LogP contribution is 2.72. The Morgan fingerprint density at radius 2 is 1.72 bits per heavy atom. The quantitative estimate of drug-likeness (QED) is 0.444. The van der Waals surface area contributed by atoms with Crippen LogP contribution >= 0.6 is 0 Å². The van der Waals surface area contributed by atoms with Gasteiger partial charge in [-0.15, -0.1) is 0 Å². The third kappa shape index (κ3) is 3.33. The van der Waals surface area contributed by atoms with Gasteiger partial charge in [-0.05, 0) is 117 Å². The van der Waals surface area contributed by atoms with Gasteiger partial charge < -0.3 is 10.2 Å². The highest BCUT2D eigenvalue weighted by Gasteiger charge is 2.65. The molecule has 0 unspecified atom stereocenters. The van der Waals surface area contributed by atoms with Gasteiger partial charge in [0.2, 0.25) is 0 Å². The third-order valence-corrected chi connectivity index (χ3v) is 11.6. The number of aliphatic hydroxyl groups is 2. The van der Waals surface area contributed by atoms with Gasteiger partial charge in [0, 0.05) is 0 Å². The van der Waals surface area contributed by atoms with Gasteiger partial charge in [0.05, 0.1) is 12.2 Å². The lowest BCUT2D eigenvalue weighted by Gasteiger charge is -2.63. The molecule has 8 atom stereocenters. The molecule has 2 N–H and O–H groups in total. The molecule has 4 aliphatic carbocycles. The number of hydrogen-bond acceptors (Lipinski definition) is 2. The van der Waals surface area contributed by atoms with Crippen molar-refractivity contribution in [3.63, 3.8) is 0 Å². The standard InChI is InChI=1S/C30H50O2/c1-19(2)10-9-11-20(3)21-14-17-29(7)22-12-13-24-27(4,5)25(32)15-16-28(24,6)26(22)23(31)18-30(21,29)8/h10,20-21,23-25,31-32H,9,11-18H2,1-8H3/t20-,21-,23+,24-,25+,28-,29-,30-/m1/s1. The molecule has 4 rings (SSSR count). The number of aliphatic hydroxyl groups excluding tert-OH is 2. The summed E-state index contributed by atoms with van der Waals surface area (Å²) in [5.74, 6) is 1.85. The molecule has 2 heteroatoms. The summed E-state index contributed by atoms with van der Waals surface area (Å²) in [6.07, 6.45) is 12.0. The molecule has 32 heavy (non-hydrogen) atoms. The Kier molecular flexibility index (Phi) is 6.11. The molecule has 0 aromatic carbocycles. The summed E-state index contributed by atoms with van der Waals surface area (Å²) in [6.45, 7) is 18.9. The van der Waals surface area contributed by atoms with Crippen molar-refractivity contribution in [3.8, 4) is 0 Å². The number of rotatable bonds is 4. The molecule has 0 bridgehead atoms. The highest BCUT2D eigenvalue weighted by molar-refractivity contribution is 5.41. The molecular formula is C30H50O2. The van der Waals surface area contributed by atoms with Crippen LogP contribution in [0.5, 0.6) is 0 Å². The average Bonchev–Trinajstić information content (AvgIpc) is 2.96. The average molecular weight is 443 g/mol. The predicted molar refractivity (Wildman–Crippen MR) is 134 cm³/mol. The first-order valence-electron chi connectivity index (χ1n) is 13.5. The summed E-state index contributed by atoms with van der Waals surface area (Å²) in [6, 6.07) is 0. The van der Waals surface area contributed by atoms with E-state index >= 15 is 0 Å². The molecule has 2 nitrogen and oxygen atoms in total. The van der Waals surface area contributed by atoms with Crippen molar-refractivity contribution in [2.24, 2.45) is 39.4 Å². The van der Waals surface area contributed by atoms with Crippen LogP contribution in [-0.2, 0) is 0 Å². The van der Waals surface area contributed by atoms with Gasteiger partial charge in [0.15, 0.2) is 0 Å². The number of hydrogen-bond donors (Lipinski definition) is 2. The largest absolute Gasteiger partial charge is 0.393 e. The van der Waals surface area contributed by atoms with Crippen LogP contribution < -0.4 is 0 Å². The van der Waals surface area contributed by atoms with Crippen molar-refractivity contribution in [2.75, 3.05) is 0 Å². The molecule has 0 amide bonds. The maximum Gasteiger partial charge on any atom is 0.0764 e. The Morgan fingerprint density at radius 3 is 2.38 bits per heavy atom. The second kappa shape index (κ2) is 7.98. The highest BCUT2D eigenvalue weighted by atomic mass is 16.3. The van der Waals surface area contributed by atoms with Crippen molar-refractivity contribution in [1.82, 2.24) is 0 Å². The monoisotopic (exact) mass is 442 g/mol. The number of fused-ring (bicyclic) bond motifs is 4. The molecule has 2 fully saturated rings. The summed E-state index contributed by atoms with van der Waals surface area (Å²) >= 11 is 0. The van der Waals surface area contributed by atoms with Crippen molar-refractivity contribution >= 4 is 0 Å². The van der Waals surface area contributed by atoms with Gasteiger partial charge in [0.1, 0.15) is 0 Å². The van der Waals surface area contributed by atoms with E-state index < -0.39 is 0 Å².